The van der Waals surface area contributed by atoms with Gasteiger partial charge in [0.05, 0.1) is 12.0 Å². The van der Waals surface area contributed by atoms with E-state index in [1.165, 1.54) is 0 Å². The van der Waals surface area contributed by atoms with Crippen LogP contribution in [0.25, 0.3) is 0 Å². The summed E-state index contributed by atoms with van der Waals surface area (Å²) >= 11 is 3.32. The Kier molecular flexibility index (Phi) is 3.66. The Labute approximate surface area is 104 Å². The maximum Gasteiger partial charge on any atom is 0.208 e. The van der Waals surface area contributed by atoms with E-state index >= 15 is 0 Å². The summed E-state index contributed by atoms with van der Waals surface area (Å²) in [6.07, 6.45) is 3.32. The second kappa shape index (κ2) is 5.02. The average Bonchev–Trinajstić information content (AvgIpc) is 2.87. The highest BCUT2D eigenvalue weighted by Gasteiger charge is 2.29. The fourth-order valence-corrected chi connectivity index (χ4v) is 4.06. The second-order valence-electron chi connectivity index (χ2n) is 4.07. The first-order valence-electron chi connectivity index (χ1n) is 5.28. The highest BCUT2D eigenvalue weighted by molar-refractivity contribution is 8.01. The molecule has 86 valence electrons. The molecule has 2 rings (SSSR count). The topological polar surface area (TPSA) is 52.8 Å². The molecule has 6 heteroatoms. The number of thioether (sulfide) groups is 1. The van der Waals surface area contributed by atoms with Crippen LogP contribution in [0.3, 0.4) is 0 Å². The lowest BCUT2D eigenvalue weighted by Gasteiger charge is -2.09. The van der Waals surface area contributed by atoms with E-state index in [1.807, 2.05) is 19.0 Å². The van der Waals surface area contributed by atoms with Gasteiger partial charge < -0.3 is 4.90 Å². The SMILES string of the molecule is CN(C)c1nnc(SC2CCCC2C#N)s1. The molecular formula is C10H14N4S2. The van der Waals surface area contributed by atoms with Crippen LogP contribution in [0.15, 0.2) is 4.34 Å². The fourth-order valence-electron chi connectivity index (χ4n) is 1.78. The third-order valence-corrected chi connectivity index (χ3v) is 5.22. The monoisotopic (exact) mass is 254 g/mol. The van der Waals surface area contributed by atoms with Crippen LogP contribution < -0.4 is 4.90 Å². The first-order valence-corrected chi connectivity index (χ1v) is 6.97. The molecule has 0 N–H and O–H groups in total. The van der Waals surface area contributed by atoms with Gasteiger partial charge in [0.25, 0.3) is 0 Å². The van der Waals surface area contributed by atoms with Gasteiger partial charge in [-0.25, -0.2) is 0 Å². The van der Waals surface area contributed by atoms with Gasteiger partial charge in [0.15, 0.2) is 4.34 Å². The van der Waals surface area contributed by atoms with Gasteiger partial charge in [-0.05, 0) is 12.8 Å². The lowest BCUT2D eigenvalue weighted by Crippen LogP contribution is -2.07. The summed E-state index contributed by atoms with van der Waals surface area (Å²) in [5.41, 5.74) is 0. The van der Waals surface area contributed by atoms with Crippen LogP contribution in [0.2, 0.25) is 0 Å². The van der Waals surface area contributed by atoms with Gasteiger partial charge in [0.2, 0.25) is 5.13 Å². The maximum atomic E-state index is 9.00. The molecule has 0 spiro atoms. The van der Waals surface area contributed by atoms with Crippen LogP contribution >= 0.6 is 23.1 Å². The summed E-state index contributed by atoms with van der Waals surface area (Å²) in [7, 11) is 3.92. The molecule has 4 nitrogen and oxygen atoms in total. The summed E-state index contributed by atoms with van der Waals surface area (Å²) < 4.78 is 0.982. The summed E-state index contributed by atoms with van der Waals surface area (Å²) in [4.78, 5) is 1.96. The highest BCUT2D eigenvalue weighted by atomic mass is 32.2. The molecule has 2 unspecified atom stereocenters. The first-order chi connectivity index (χ1) is 7.70. The Morgan fingerprint density at radius 1 is 1.44 bits per heavy atom. The number of nitriles is 1. The van der Waals surface area contributed by atoms with Crippen LogP contribution in [0.1, 0.15) is 19.3 Å². The summed E-state index contributed by atoms with van der Waals surface area (Å²) in [5, 5.41) is 18.6. The van der Waals surface area contributed by atoms with E-state index in [-0.39, 0.29) is 5.92 Å². The standard InChI is InChI=1S/C10H14N4S2/c1-14(2)9-12-13-10(16-9)15-8-5-3-4-7(8)6-11/h7-8H,3-5H2,1-2H3. The largest absolute Gasteiger partial charge is 0.353 e. The quantitative estimate of drug-likeness (QED) is 0.829. The minimum Gasteiger partial charge on any atom is -0.353 e. The van der Waals surface area contributed by atoms with Crippen molar-refractivity contribution >= 4 is 28.2 Å². The Morgan fingerprint density at radius 2 is 2.25 bits per heavy atom. The van der Waals surface area contributed by atoms with Crippen molar-refractivity contribution in [2.24, 2.45) is 5.92 Å². The van der Waals surface area contributed by atoms with Gasteiger partial charge in [-0.1, -0.05) is 29.5 Å². The molecule has 1 aromatic rings. The van der Waals surface area contributed by atoms with Gasteiger partial charge >= 0.3 is 0 Å². The van der Waals surface area contributed by atoms with Crippen LogP contribution in [-0.4, -0.2) is 29.5 Å². The average molecular weight is 254 g/mol. The number of rotatable bonds is 3. The van der Waals surface area contributed by atoms with E-state index in [2.05, 4.69) is 16.3 Å². The van der Waals surface area contributed by atoms with E-state index in [0.29, 0.717) is 5.25 Å². The minimum absolute atomic E-state index is 0.191. The zero-order valence-corrected chi connectivity index (χ0v) is 11.0. The molecule has 2 atom stereocenters. The predicted molar refractivity (Wildman–Crippen MR) is 66.8 cm³/mol. The smallest absolute Gasteiger partial charge is 0.208 e. The van der Waals surface area contributed by atoms with Crippen molar-refractivity contribution in [2.45, 2.75) is 28.9 Å². The molecule has 1 heterocycles. The molecule has 0 amide bonds. The lowest BCUT2D eigenvalue weighted by atomic mass is 10.1. The molecule has 1 aliphatic carbocycles. The molecule has 0 bridgehead atoms. The Morgan fingerprint density at radius 3 is 2.88 bits per heavy atom. The van der Waals surface area contributed by atoms with Crippen molar-refractivity contribution in [2.75, 3.05) is 19.0 Å². The van der Waals surface area contributed by atoms with E-state index in [0.717, 1.165) is 28.7 Å². The Hall–Kier alpha value is -0.800. The van der Waals surface area contributed by atoms with Crippen LogP contribution in [-0.2, 0) is 0 Å². The number of aromatic nitrogens is 2. The lowest BCUT2D eigenvalue weighted by molar-refractivity contribution is 0.714. The number of hydrogen-bond donors (Lipinski definition) is 0. The maximum absolute atomic E-state index is 9.00. The molecular weight excluding hydrogens is 240 g/mol. The summed E-state index contributed by atoms with van der Waals surface area (Å²) in [6.45, 7) is 0. The normalized spacial score (nSPS) is 24.3. The van der Waals surface area contributed by atoms with Crippen LogP contribution in [0.5, 0.6) is 0 Å². The van der Waals surface area contributed by atoms with E-state index in [1.54, 1.807) is 23.1 Å². The zero-order valence-electron chi connectivity index (χ0n) is 9.38. The summed E-state index contributed by atoms with van der Waals surface area (Å²) in [5.74, 6) is 0.191. The number of anilines is 1. The van der Waals surface area contributed by atoms with Crippen molar-refractivity contribution in [3.63, 3.8) is 0 Å². The second-order valence-corrected chi connectivity index (χ2v) is 6.51. The van der Waals surface area contributed by atoms with Gasteiger partial charge in [-0.3, -0.25) is 0 Å². The van der Waals surface area contributed by atoms with E-state index in [9.17, 15) is 0 Å². The zero-order chi connectivity index (χ0) is 11.5. The van der Waals surface area contributed by atoms with Crippen molar-refractivity contribution in [1.82, 2.24) is 10.2 Å². The van der Waals surface area contributed by atoms with Crippen LogP contribution in [0.4, 0.5) is 5.13 Å². The van der Waals surface area contributed by atoms with Gasteiger partial charge in [-0.2, -0.15) is 5.26 Å². The third kappa shape index (κ3) is 2.47. The summed E-state index contributed by atoms with van der Waals surface area (Å²) in [6, 6.07) is 2.39. The molecule has 1 saturated carbocycles. The first kappa shape index (κ1) is 11.7. The van der Waals surface area contributed by atoms with Crippen molar-refractivity contribution in [1.29, 1.82) is 5.26 Å². The van der Waals surface area contributed by atoms with Crippen LogP contribution in [0, 0.1) is 17.2 Å². The number of nitrogens with zero attached hydrogens (tertiary/aromatic N) is 4. The van der Waals surface area contributed by atoms with Crippen molar-refractivity contribution in [3.8, 4) is 6.07 Å². The fraction of sp³-hybridized carbons (Fsp3) is 0.700. The predicted octanol–water partition coefficient (Wildman–Crippen LogP) is 2.39. The molecule has 16 heavy (non-hydrogen) atoms. The Balaban J connectivity index is 2.01. The van der Waals surface area contributed by atoms with Gasteiger partial charge in [-0.15, -0.1) is 10.2 Å². The Bertz CT molecular complexity index is 396. The van der Waals surface area contributed by atoms with E-state index < -0.39 is 0 Å². The van der Waals surface area contributed by atoms with Gasteiger partial charge in [0.1, 0.15) is 0 Å². The third-order valence-electron chi connectivity index (χ3n) is 2.65. The molecule has 0 radical (unpaired) electrons. The van der Waals surface area contributed by atoms with Gasteiger partial charge in [0, 0.05) is 19.3 Å². The minimum atomic E-state index is 0.191. The molecule has 0 aliphatic heterocycles. The molecule has 1 aliphatic rings. The molecule has 0 saturated heterocycles. The highest BCUT2D eigenvalue weighted by Crippen LogP contribution is 2.40. The molecule has 1 aromatic heterocycles. The number of hydrogen-bond acceptors (Lipinski definition) is 6. The molecule has 1 fully saturated rings. The molecule has 0 aromatic carbocycles. The van der Waals surface area contributed by atoms with Crippen molar-refractivity contribution < 1.29 is 0 Å². The van der Waals surface area contributed by atoms with E-state index in [4.69, 9.17) is 5.26 Å². The van der Waals surface area contributed by atoms with Crippen molar-refractivity contribution in [3.05, 3.63) is 0 Å².